The summed E-state index contributed by atoms with van der Waals surface area (Å²) in [5.74, 6) is -2.94. The summed E-state index contributed by atoms with van der Waals surface area (Å²) in [6, 6.07) is 5.53. The molecule has 2 atom stereocenters. The zero-order chi connectivity index (χ0) is 28.8. The number of rotatable bonds is 9. The van der Waals surface area contributed by atoms with Gasteiger partial charge in [0.2, 0.25) is 11.8 Å². The molecular formula is C24H25F6N3O5. The Hall–Kier alpha value is -3.81. The molecule has 0 radical (unpaired) electrons. The van der Waals surface area contributed by atoms with Crippen LogP contribution in [0.3, 0.4) is 0 Å². The van der Waals surface area contributed by atoms with Gasteiger partial charge >= 0.3 is 12.4 Å². The van der Waals surface area contributed by atoms with Gasteiger partial charge in [0.25, 0.3) is 5.91 Å². The monoisotopic (exact) mass is 549 g/mol. The van der Waals surface area contributed by atoms with Crippen LogP contribution in [-0.2, 0) is 33.3 Å². The fourth-order valence-electron chi connectivity index (χ4n) is 3.41. The SMILES string of the molecule is CNC(=O)C[C@@H](C(=O)N(C)[C@@H](C)C(=O)NO)c1ccc(OCc2cc(C(F)(F)F)cc(C(F)(F)F)c2)cc1. The maximum absolute atomic E-state index is 13.1. The molecule has 0 unspecified atom stereocenters. The number of carbonyl (C=O) groups is 3. The Morgan fingerprint density at radius 2 is 1.50 bits per heavy atom. The molecule has 0 saturated heterocycles. The first-order valence-electron chi connectivity index (χ1n) is 11.0. The van der Waals surface area contributed by atoms with Crippen LogP contribution >= 0.6 is 0 Å². The molecule has 208 valence electrons. The molecule has 2 aromatic carbocycles. The van der Waals surface area contributed by atoms with Crippen molar-refractivity contribution in [3.05, 3.63) is 64.7 Å². The van der Waals surface area contributed by atoms with Crippen molar-refractivity contribution >= 4 is 17.7 Å². The average molecular weight is 549 g/mol. The molecule has 14 heteroatoms. The summed E-state index contributed by atoms with van der Waals surface area (Å²) >= 11 is 0. The predicted molar refractivity (Wildman–Crippen MR) is 121 cm³/mol. The first-order chi connectivity index (χ1) is 17.6. The maximum Gasteiger partial charge on any atom is 0.416 e. The van der Waals surface area contributed by atoms with Crippen LogP contribution in [0.15, 0.2) is 42.5 Å². The second-order valence-electron chi connectivity index (χ2n) is 8.30. The summed E-state index contributed by atoms with van der Waals surface area (Å²) in [6.07, 6.45) is -10.3. The molecule has 0 aliphatic carbocycles. The smallest absolute Gasteiger partial charge is 0.416 e. The van der Waals surface area contributed by atoms with Crippen molar-refractivity contribution in [2.24, 2.45) is 0 Å². The van der Waals surface area contributed by atoms with Gasteiger partial charge in [0.15, 0.2) is 0 Å². The number of alkyl halides is 6. The number of likely N-dealkylation sites (N-methyl/N-ethyl adjacent to an activating group) is 1. The van der Waals surface area contributed by atoms with Gasteiger partial charge in [-0.25, -0.2) is 5.48 Å². The number of hydroxylamine groups is 1. The molecule has 0 heterocycles. The maximum atomic E-state index is 13.1. The normalized spacial score (nSPS) is 13.3. The van der Waals surface area contributed by atoms with Crippen LogP contribution in [0.2, 0.25) is 0 Å². The minimum absolute atomic E-state index is 0.0178. The van der Waals surface area contributed by atoms with E-state index in [1.54, 1.807) is 0 Å². The number of halogens is 6. The first kappa shape index (κ1) is 30.4. The van der Waals surface area contributed by atoms with Crippen molar-refractivity contribution in [2.45, 2.75) is 44.3 Å². The Labute approximate surface area is 213 Å². The van der Waals surface area contributed by atoms with Gasteiger partial charge in [-0.2, -0.15) is 26.3 Å². The highest BCUT2D eigenvalue weighted by molar-refractivity contribution is 5.93. The topological polar surface area (TPSA) is 108 Å². The molecule has 38 heavy (non-hydrogen) atoms. The van der Waals surface area contributed by atoms with Crippen molar-refractivity contribution in [3.8, 4) is 5.75 Å². The molecule has 0 saturated carbocycles. The highest BCUT2D eigenvalue weighted by Crippen LogP contribution is 2.36. The fraction of sp³-hybridized carbons (Fsp3) is 0.375. The second kappa shape index (κ2) is 12.2. The van der Waals surface area contributed by atoms with E-state index < -0.39 is 59.8 Å². The minimum Gasteiger partial charge on any atom is -0.489 e. The van der Waals surface area contributed by atoms with Crippen LogP contribution in [0, 0.1) is 0 Å². The van der Waals surface area contributed by atoms with Gasteiger partial charge in [-0.3, -0.25) is 19.6 Å². The zero-order valence-electron chi connectivity index (χ0n) is 20.4. The number of carbonyl (C=O) groups excluding carboxylic acids is 3. The second-order valence-corrected chi connectivity index (χ2v) is 8.30. The molecule has 3 N–H and O–H groups in total. The molecule has 0 bridgehead atoms. The van der Waals surface area contributed by atoms with Crippen LogP contribution in [0.5, 0.6) is 5.75 Å². The molecule has 0 fully saturated rings. The number of hydrogen-bond donors (Lipinski definition) is 3. The number of benzene rings is 2. The Bertz CT molecular complexity index is 1120. The molecule has 0 spiro atoms. The standard InChI is InChI=1S/C24H25F6N3O5/c1-13(21(35)32-37)33(3)22(36)19(11-20(34)31-2)15-4-6-18(7-5-15)38-12-14-8-16(23(25,26)27)10-17(9-14)24(28,29)30/h4-10,13,19,37H,11-12H2,1-3H3,(H,31,34)(H,32,35)/t13-,19+/m0/s1. The average Bonchev–Trinajstić information content (AvgIpc) is 2.87. The predicted octanol–water partition coefficient (Wildman–Crippen LogP) is 3.88. The Balaban J connectivity index is 2.27. The van der Waals surface area contributed by atoms with E-state index in [2.05, 4.69) is 5.32 Å². The highest BCUT2D eigenvalue weighted by Gasteiger charge is 2.37. The van der Waals surface area contributed by atoms with E-state index in [0.29, 0.717) is 17.7 Å². The number of amides is 3. The highest BCUT2D eigenvalue weighted by atomic mass is 19.4. The molecule has 2 rings (SSSR count). The van der Waals surface area contributed by atoms with Gasteiger partial charge in [-0.15, -0.1) is 0 Å². The van der Waals surface area contributed by atoms with Gasteiger partial charge in [0, 0.05) is 20.5 Å². The fourth-order valence-corrected chi connectivity index (χ4v) is 3.41. The summed E-state index contributed by atoms with van der Waals surface area (Å²) in [4.78, 5) is 37.8. The number of hydrogen-bond acceptors (Lipinski definition) is 5. The third-order valence-corrected chi connectivity index (χ3v) is 5.72. The molecule has 0 aliphatic rings. The number of nitrogens with one attached hydrogen (secondary N) is 2. The Morgan fingerprint density at radius 1 is 0.974 bits per heavy atom. The summed E-state index contributed by atoms with van der Waals surface area (Å²) in [6.45, 7) is 0.749. The lowest BCUT2D eigenvalue weighted by molar-refractivity contribution is -0.143. The van der Waals surface area contributed by atoms with Crippen LogP contribution in [-0.4, -0.2) is 48.0 Å². The molecule has 8 nitrogen and oxygen atoms in total. The van der Waals surface area contributed by atoms with E-state index >= 15 is 0 Å². The van der Waals surface area contributed by atoms with Crippen molar-refractivity contribution in [1.29, 1.82) is 0 Å². The van der Waals surface area contributed by atoms with Crippen LogP contribution in [0.25, 0.3) is 0 Å². The van der Waals surface area contributed by atoms with Crippen LogP contribution in [0.4, 0.5) is 26.3 Å². The third-order valence-electron chi connectivity index (χ3n) is 5.72. The minimum atomic E-state index is -4.99. The van der Waals surface area contributed by atoms with Gasteiger partial charge in [-0.1, -0.05) is 12.1 Å². The Kier molecular flexibility index (Phi) is 9.73. The van der Waals surface area contributed by atoms with E-state index in [9.17, 15) is 40.7 Å². The van der Waals surface area contributed by atoms with E-state index in [1.807, 2.05) is 0 Å². The lowest BCUT2D eigenvalue weighted by Gasteiger charge is -2.27. The van der Waals surface area contributed by atoms with Crippen LogP contribution < -0.4 is 15.5 Å². The lowest BCUT2D eigenvalue weighted by atomic mass is 9.93. The first-order valence-corrected chi connectivity index (χ1v) is 11.0. The van der Waals surface area contributed by atoms with E-state index in [1.165, 1.54) is 50.8 Å². The van der Waals surface area contributed by atoms with Crippen LogP contribution in [0.1, 0.15) is 41.5 Å². The lowest BCUT2D eigenvalue weighted by Crippen LogP contribution is -2.47. The van der Waals surface area contributed by atoms with Crippen molar-refractivity contribution < 1.29 is 50.7 Å². The molecule has 3 amide bonds. The van der Waals surface area contributed by atoms with Gasteiger partial charge in [-0.05, 0) is 48.4 Å². The van der Waals surface area contributed by atoms with Crippen molar-refractivity contribution in [1.82, 2.24) is 15.7 Å². The van der Waals surface area contributed by atoms with E-state index in [4.69, 9.17) is 9.94 Å². The number of nitrogens with zero attached hydrogens (tertiary/aromatic N) is 1. The largest absolute Gasteiger partial charge is 0.489 e. The van der Waals surface area contributed by atoms with Gasteiger partial charge < -0.3 is 15.0 Å². The molecule has 0 aromatic heterocycles. The van der Waals surface area contributed by atoms with Crippen molar-refractivity contribution in [2.75, 3.05) is 14.1 Å². The molecule has 2 aromatic rings. The number of ether oxygens (including phenoxy) is 1. The van der Waals surface area contributed by atoms with Gasteiger partial charge in [0.05, 0.1) is 17.0 Å². The van der Waals surface area contributed by atoms with Gasteiger partial charge in [0.1, 0.15) is 18.4 Å². The summed E-state index contributed by atoms with van der Waals surface area (Å²) in [7, 11) is 2.67. The molecule has 0 aliphatic heterocycles. The zero-order valence-corrected chi connectivity index (χ0v) is 20.4. The van der Waals surface area contributed by atoms with E-state index in [0.717, 1.165) is 4.90 Å². The van der Waals surface area contributed by atoms with E-state index in [-0.39, 0.29) is 23.8 Å². The quantitative estimate of drug-likeness (QED) is 0.250. The summed E-state index contributed by atoms with van der Waals surface area (Å²) < 4.78 is 83.8. The molecular weight excluding hydrogens is 524 g/mol. The summed E-state index contributed by atoms with van der Waals surface area (Å²) in [5.41, 5.74) is -1.53. The van der Waals surface area contributed by atoms with Crippen molar-refractivity contribution in [3.63, 3.8) is 0 Å². The Morgan fingerprint density at radius 3 is 1.95 bits per heavy atom. The third kappa shape index (κ3) is 7.84. The summed E-state index contributed by atoms with van der Waals surface area (Å²) in [5, 5.41) is 11.2.